The number of aliphatic carboxylic acids is 1. The minimum atomic E-state index is -6.81. The quantitative estimate of drug-likeness (QED) is 0.430. The number of hydrogen-bond donors (Lipinski definition) is 1. The molecule has 2 nitrogen and oxygen atoms in total. The van der Waals surface area contributed by atoms with E-state index in [0.717, 1.165) is 0 Å². The van der Waals surface area contributed by atoms with Crippen molar-refractivity contribution < 1.29 is 49.4 Å². The van der Waals surface area contributed by atoms with Crippen molar-refractivity contribution in [3.63, 3.8) is 0 Å². The fraction of sp³-hybridized carbons (Fsp3) is 0.857. The molecule has 0 aliphatic carbocycles. The molecule has 19 heavy (non-hydrogen) atoms. The lowest BCUT2D eigenvalue weighted by Gasteiger charge is -2.36. The van der Waals surface area contributed by atoms with Crippen molar-refractivity contribution in [2.75, 3.05) is 0 Å². The minimum Gasteiger partial charge on any atom is -0.480 e. The molecule has 114 valence electrons. The molecule has 0 aromatic rings. The van der Waals surface area contributed by atoms with E-state index in [-0.39, 0.29) is 0 Å². The predicted molar refractivity (Wildman–Crippen MR) is 51.0 cm³/mol. The van der Waals surface area contributed by atoms with Crippen LogP contribution in [0.1, 0.15) is 6.42 Å². The van der Waals surface area contributed by atoms with Gasteiger partial charge < -0.3 is 5.11 Å². The van der Waals surface area contributed by atoms with Gasteiger partial charge in [0.2, 0.25) is 0 Å². The van der Waals surface area contributed by atoms with Crippen LogP contribution in [0.3, 0.4) is 0 Å². The van der Waals surface area contributed by atoms with E-state index in [0.29, 0.717) is 22.6 Å². The number of carboxylic acids is 1. The molecule has 0 fully saturated rings. The summed E-state index contributed by atoms with van der Waals surface area (Å²) in [6, 6.07) is 0. The van der Waals surface area contributed by atoms with Gasteiger partial charge in [-0.3, -0.25) is 4.79 Å². The van der Waals surface area contributed by atoms with Crippen molar-refractivity contribution in [2.24, 2.45) is 0 Å². The van der Waals surface area contributed by atoms with Crippen LogP contribution in [-0.2, 0) is 4.79 Å². The van der Waals surface area contributed by atoms with Crippen LogP contribution in [0.25, 0.3) is 0 Å². The zero-order valence-electron chi connectivity index (χ0n) is 8.42. The molecule has 0 spiro atoms. The van der Waals surface area contributed by atoms with Crippen LogP contribution >= 0.6 is 22.6 Å². The van der Waals surface area contributed by atoms with Gasteiger partial charge in [0, 0.05) is 6.42 Å². The van der Waals surface area contributed by atoms with Crippen molar-refractivity contribution >= 4 is 28.6 Å². The second-order valence-electron chi connectivity index (χ2n) is 3.38. The van der Waals surface area contributed by atoms with Gasteiger partial charge in [-0.25, -0.2) is 4.39 Å². The highest BCUT2D eigenvalue weighted by Crippen LogP contribution is 2.55. The van der Waals surface area contributed by atoms with Gasteiger partial charge in [0.25, 0.3) is 5.67 Å². The topological polar surface area (TPSA) is 37.3 Å². The SMILES string of the molecule is O=C(O)C(I)CC(F)(C(F)(F)F)C(F)(F)C(F)(F)F. The molecule has 0 rings (SSSR count). The first kappa shape index (κ1) is 18.6. The Kier molecular flexibility index (Phi) is 5.05. The first-order valence-corrected chi connectivity index (χ1v) is 5.39. The zero-order valence-corrected chi connectivity index (χ0v) is 10.6. The molecule has 0 aliphatic heterocycles. The van der Waals surface area contributed by atoms with E-state index < -0.39 is 40.3 Å². The largest absolute Gasteiger partial charge is 0.480 e. The number of hydrogen-bond acceptors (Lipinski definition) is 1. The third-order valence-corrected chi connectivity index (χ3v) is 3.00. The zero-order chi connectivity index (χ0) is 15.9. The van der Waals surface area contributed by atoms with Gasteiger partial charge in [0.15, 0.2) is 0 Å². The molecule has 0 aliphatic rings. The molecule has 12 heteroatoms. The summed E-state index contributed by atoms with van der Waals surface area (Å²) in [7, 11) is 0. The number of alkyl halides is 10. The molecular weight excluding hydrogens is 414 g/mol. The van der Waals surface area contributed by atoms with E-state index in [1.54, 1.807) is 0 Å². The van der Waals surface area contributed by atoms with Crippen molar-refractivity contribution in [3.05, 3.63) is 0 Å². The van der Waals surface area contributed by atoms with E-state index >= 15 is 0 Å². The Morgan fingerprint density at radius 3 is 1.53 bits per heavy atom. The maximum Gasteiger partial charge on any atom is 0.457 e. The Bertz CT molecular complexity index is 349. The van der Waals surface area contributed by atoms with E-state index in [4.69, 9.17) is 5.11 Å². The molecule has 1 N–H and O–H groups in total. The highest BCUT2D eigenvalue weighted by molar-refractivity contribution is 14.1. The summed E-state index contributed by atoms with van der Waals surface area (Å²) in [6.07, 6.45) is -16.0. The average molecular weight is 418 g/mol. The first-order valence-electron chi connectivity index (χ1n) is 4.15. The van der Waals surface area contributed by atoms with Crippen LogP contribution in [0, 0.1) is 0 Å². The van der Waals surface area contributed by atoms with Gasteiger partial charge >= 0.3 is 24.2 Å². The third-order valence-electron chi connectivity index (χ3n) is 2.03. The van der Waals surface area contributed by atoms with Crippen LogP contribution in [0.15, 0.2) is 0 Å². The maximum absolute atomic E-state index is 13.3. The highest BCUT2D eigenvalue weighted by Gasteiger charge is 2.81. The fourth-order valence-corrected chi connectivity index (χ4v) is 1.59. The summed E-state index contributed by atoms with van der Waals surface area (Å²) in [5.74, 6) is -8.92. The Labute approximate surface area is 113 Å². The summed E-state index contributed by atoms with van der Waals surface area (Å²) in [4.78, 5) is 10.2. The van der Waals surface area contributed by atoms with Crippen molar-refractivity contribution in [3.8, 4) is 0 Å². The van der Waals surface area contributed by atoms with Crippen molar-refractivity contribution in [1.29, 1.82) is 0 Å². The van der Waals surface area contributed by atoms with E-state index in [9.17, 15) is 44.3 Å². The Morgan fingerprint density at radius 1 is 0.947 bits per heavy atom. The number of rotatable bonds is 4. The van der Waals surface area contributed by atoms with Gasteiger partial charge in [0.05, 0.1) is 0 Å². The smallest absolute Gasteiger partial charge is 0.457 e. The van der Waals surface area contributed by atoms with Gasteiger partial charge in [-0.2, -0.15) is 35.1 Å². The van der Waals surface area contributed by atoms with Crippen LogP contribution < -0.4 is 0 Å². The predicted octanol–water partition coefficient (Wildman–Crippen LogP) is 3.73. The molecule has 0 aromatic carbocycles. The monoisotopic (exact) mass is 418 g/mol. The molecule has 2 atom stereocenters. The average Bonchev–Trinajstić information content (AvgIpc) is 2.13. The molecule has 0 heterocycles. The lowest BCUT2D eigenvalue weighted by atomic mass is 9.90. The third kappa shape index (κ3) is 3.37. The Hall–Kier alpha value is -0.430. The highest BCUT2D eigenvalue weighted by atomic mass is 127. The van der Waals surface area contributed by atoms with Gasteiger partial charge in [0.1, 0.15) is 3.92 Å². The van der Waals surface area contributed by atoms with E-state index in [2.05, 4.69) is 0 Å². The number of halogens is 10. The standard InChI is InChI=1S/C7H4F9IO2/c8-4(6(11,12)13,1-2(17)3(18)19)5(9,10)7(14,15)16/h2H,1H2,(H,18,19). The number of carboxylic acid groups (broad SMARTS) is 1. The van der Waals surface area contributed by atoms with E-state index in [1.165, 1.54) is 0 Å². The normalized spacial score (nSPS) is 18.8. The molecule has 0 amide bonds. The first-order chi connectivity index (χ1) is 8.08. The molecular formula is C7H4F9IO2. The second-order valence-corrected chi connectivity index (χ2v) is 4.88. The van der Waals surface area contributed by atoms with E-state index in [1.807, 2.05) is 0 Å². The Morgan fingerprint density at radius 2 is 1.32 bits per heavy atom. The lowest BCUT2D eigenvalue weighted by Crippen LogP contribution is -2.63. The summed E-state index contributed by atoms with van der Waals surface area (Å²) in [5.41, 5.74) is -6.03. The lowest BCUT2D eigenvalue weighted by molar-refractivity contribution is -0.384. The summed E-state index contributed by atoms with van der Waals surface area (Å²) in [5, 5.41) is 8.21. The fourth-order valence-electron chi connectivity index (χ4n) is 0.981. The van der Waals surface area contributed by atoms with Crippen molar-refractivity contribution in [2.45, 2.75) is 34.3 Å². The molecule has 0 aromatic heterocycles. The minimum absolute atomic E-state index is 0.625. The van der Waals surface area contributed by atoms with Gasteiger partial charge in [-0.1, -0.05) is 22.6 Å². The molecule has 0 bridgehead atoms. The maximum atomic E-state index is 13.3. The Balaban J connectivity index is 5.76. The molecule has 0 radical (unpaired) electrons. The van der Waals surface area contributed by atoms with Crippen LogP contribution in [0.4, 0.5) is 39.5 Å². The van der Waals surface area contributed by atoms with Gasteiger partial charge in [-0.15, -0.1) is 0 Å². The molecule has 0 saturated carbocycles. The van der Waals surface area contributed by atoms with Crippen LogP contribution in [0.5, 0.6) is 0 Å². The molecule has 2 unspecified atom stereocenters. The van der Waals surface area contributed by atoms with Crippen LogP contribution in [-0.4, -0.2) is 38.9 Å². The van der Waals surface area contributed by atoms with Gasteiger partial charge in [-0.05, 0) is 0 Å². The number of carbonyl (C=O) groups is 1. The summed E-state index contributed by atoms with van der Waals surface area (Å²) < 4.78 is 108. The van der Waals surface area contributed by atoms with Crippen LogP contribution in [0.2, 0.25) is 0 Å². The summed E-state index contributed by atoms with van der Waals surface area (Å²) in [6.45, 7) is 0. The second kappa shape index (κ2) is 5.16. The van der Waals surface area contributed by atoms with Crippen molar-refractivity contribution in [1.82, 2.24) is 0 Å². The summed E-state index contributed by atoms with van der Waals surface area (Å²) >= 11 is 0.625. The molecule has 0 saturated heterocycles.